The van der Waals surface area contributed by atoms with Crippen molar-refractivity contribution in [3.8, 4) is 61.6 Å². The lowest BCUT2D eigenvalue weighted by Gasteiger charge is -2.19. The minimum absolute atomic E-state index is 0.0521. The van der Waals surface area contributed by atoms with E-state index >= 15 is 0 Å². The van der Waals surface area contributed by atoms with Crippen molar-refractivity contribution >= 4 is 5.65 Å². The van der Waals surface area contributed by atoms with Gasteiger partial charge in [-0.2, -0.15) is 0 Å². The highest BCUT2D eigenvalue weighted by molar-refractivity contribution is 5.84. The summed E-state index contributed by atoms with van der Waals surface area (Å²) in [7, 11) is 0. The molecule has 0 unspecified atom stereocenters. The van der Waals surface area contributed by atoms with Gasteiger partial charge >= 0.3 is 0 Å². The van der Waals surface area contributed by atoms with E-state index in [0.717, 1.165) is 61.7 Å². The van der Waals surface area contributed by atoms with Crippen LogP contribution in [0.3, 0.4) is 0 Å². The zero-order chi connectivity index (χ0) is 31.1. The molecule has 0 aliphatic carbocycles. The first-order chi connectivity index (χ1) is 21.8. The molecule has 0 aliphatic rings. The van der Waals surface area contributed by atoms with E-state index in [1.54, 1.807) is 0 Å². The minimum Gasteiger partial charge on any atom is -0.507 e. The molecule has 3 aromatic heterocycles. The standard InChI is InChI=1S/C41H35N3O/c1-27-39(36-20-19-34(26-38(36)45)41(2,3)4)43-40-35(14-9-23-44(27)40)32-12-8-13-33(24-32)37-25-31(21-22-42-37)30-17-15-29(16-18-30)28-10-6-5-7-11-28/h5-26,45H,1-4H3. The van der Waals surface area contributed by atoms with Gasteiger partial charge in [-0.05, 0) is 88.2 Å². The van der Waals surface area contributed by atoms with Gasteiger partial charge in [-0.15, -0.1) is 0 Å². The number of phenolic OH excluding ortho intramolecular Hbond substituents is 1. The van der Waals surface area contributed by atoms with Crippen molar-refractivity contribution < 1.29 is 5.11 Å². The Hall–Kier alpha value is -5.48. The maximum atomic E-state index is 11.0. The summed E-state index contributed by atoms with van der Waals surface area (Å²) in [5.74, 6) is 0.248. The summed E-state index contributed by atoms with van der Waals surface area (Å²) >= 11 is 0. The van der Waals surface area contributed by atoms with Crippen LogP contribution < -0.4 is 0 Å². The second kappa shape index (κ2) is 11.2. The van der Waals surface area contributed by atoms with Crippen LogP contribution in [-0.2, 0) is 5.41 Å². The van der Waals surface area contributed by atoms with Gasteiger partial charge in [0.2, 0.25) is 0 Å². The van der Waals surface area contributed by atoms with E-state index in [9.17, 15) is 5.11 Å². The number of imidazole rings is 1. The molecular weight excluding hydrogens is 550 g/mol. The molecule has 4 nitrogen and oxygen atoms in total. The number of phenols is 1. The zero-order valence-corrected chi connectivity index (χ0v) is 26.0. The maximum absolute atomic E-state index is 11.0. The second-order valence-electron chi connectivity index (χ2n) is 12.6. The molecule has 4 heteroatoms. The number of aromatic hydroxyl groups is 1. The third-order valence-electron chi connectivity index (χ3n) is 8.56. The fourth-order valence-corrected chi connectivity index (χ4v) is 5.96. The molecule has 3 heterocycles. The number of aromatic nitrogens is 3. The molecule has 0 saturated carbocycles. The van der Waals surface area contributed by atoms with Crippen LogP contribution in [0.25, 0.3) is 61.5 Å². The first-order valence-electron chi connectivity index (χ1n) is 15.3. The van der Waals surface area contributed by atoms with Gasteiger partial charge in [0.25, 0.3) is 0 Å². The van der Waals surface area contributed by atoms with Crippen molar-refractivity contribution in [1.29, 1.82) is 0 Å². The molecular formula is C41H35N3O. The number of fused-ring (bicyclic) bond motifs is 1. The molecule has 0 aliphatic heterocycles. The van der Waals surface area contributed by atoms with Crippen molar-refractivity contribution in [2.24, 2.45) is 0 Å². The highest BCUT2D eigenvalue weighted by Gasteiger charge is 2.20. The average Bonchev–Trinajstić information content (AvgIpc) is 3.41. The van der Waals surface area contributed by atoms with Gasteiger partial charge in [0.05, 0.1) is 11.4 Å². The molecule has 0 amide bonds. The van der Waals surface area contributed by atoms with E-state index in [4.69, 9.17) is 9.97 Å². The summed E-state index contributed by atoms with van der Waals surface area (Å²) in [5.41, 5.74) is 13.1. The number of benzene rings is 4. The van der Waals surface area contributed by atoms with E-state index in [-0.39, 0.29) is 11.2 Å². The lowest BCUT2D eigenvalue weighted by Crippen LogP contribution is -2.10. The van der Waals surface area contributed by atoms with Gasteiger partial charge in [-0.25, -0.2) is 4.98 Å². The number of pyridine rings is 2. The molecule has 7 rings (SSSR count). The zero-order valence-electron chi connectivity index (χ0n) is 26.0. The number of rotatable bonds is 5. The SMILES string of the molecule is Cc1c(-c2ccc(C(C)(C)C)cc2O)nc2c(-c3cccc(-c4cc(-c5ccc(-c6ccccc6)cc5)ccn4)c3)cccn12. The molecule has 0 fully saturated rings. The lowest BCUT2D eigenvalue weighted by atomic mass is 9.86. The van der Waals surface area contributed by atoms with Crippen LogP contribution in [0.15, 0.2) is 134 Å². The minimum atomic E-state index is -0.0521. The molecule has 45 heavy (non-hydrogen) atoms. The predicted octanol–water partition coefficient (Wildman–Crippen LogP) is 10.4. The molecule has 0 spiro atoms. The smallest absolute Gasteiger partial charge is 0.145 e. The molecule has 4 aromatic carbocycles. The molecule has 0 atom stereocenters. The summed E-state index contributed by atoms with van der Waals surface area (Å²) in [6.45, 7) is 8.49. The number of aryl methyl sites for hydroxylation is 1. The Morgan fingerprint density at radius 1 is 0.600 bits per heavy atom. The highest BCUT2D eigenvalue weighted by atomic mass is 16.3. The van der Waals surface area contributed by atoms with E-state index in [2.05, 4.69) is 129 Å². The Morgan fingerprint density at radius 3 is 2.02 bits per heavy atom. The van der Waals surface area contributed by atoms with Crippen molar-refractivity contribution in [2.45, 2.75) is 33.1 Å². The third kappa shape index (κ3) is 5.40. The lowest BCUT2D eigenvalue weighted by molar-refractivity contribution is 0.473. The fourth-order valence-electron chi connectivity index (χ4n) is 5.96. The molecule has 0 saturated heterocycles. The average molecular weight is 586 g/mol. The van der Waals surface area contributed by atoms with Crippen molar-refractivity contribution in [3.63, 3.8) is 0 Å². The van der Waals surface area contributed by atoms with Crippen molar-refractivity contribution in [3.05, 3.63) is 145 Å². The van der Waals surface area contributed by atoms with E-state index in [0.29, 0.717) is 0 Å². The van der Waals surface area contributed by atoms with E-state index in [1.807, 2.05) is 36.7 Å². The first kappa shape index (κ1) is 28.3. The van der Waals surface area contributed by atoms with Gasteiger partial charge in [0.1, 0.15) is 11.4 Å². The van der Waals surface area contributed by atoms with Crippen LogP contribution in [0.2, 0.25) is 0 Å². The second-order valence-corrected chi connectivity index (χ2v) is 12.6. The Bertz CT molecular complexity index is 2150. The normalized spacial score (nSPS) is 11.6. The van der Waals surface area contributed by atoms with Gasteiger partial charge < -0.3 is 9.51 Å². The van der Waals surface area contributed by atoms with Crippen LogP contribution in [0.1, 0.15) is 32.0 Å². The summed E-state index contributed by atoms with van der Waals surface area (Å²) < 4.78 is 2.10. The fraction of sp³-hybridized carbons (Fsp3) is 0.122. The summed E-state index contributed by atoms with van der Waals surface area (Å²) in [6.07, 6.45) is 3.91. The topological polar surface area (TPSA) is 50.4 Å². The summed E-state index contributed by atoms with van der Waals surface area (Å²) in [4.78, 5) is 9.82. The van der Waals surface area contributed by atoms with Crippen molar-refractivity contribution in [1.82, 2.24) is 14.4 Å². The summed E-state index contributed by atoms with van der Waals surface area (Å²) in [6, 6.07) is 41.9. The predicted molar refractivity (Wildman–Crippen MR) is 185 cm³/mol. The molecule has 7 aromatic rings. The quantitative estimate of drug-likeness (QED) is 0.219. The van der Waals surface area contributed by atoms with Crippen LogP contribution in [0.4, 0.5) is 0 Å². The summed E-state index contributed by atoms with van der Waals surface area (Å²) in [5, 5.41) is 11.0. The van der Waals surface area contributed by atoms with Crippen LogP contribution in [-0.4, -0.2) is 19.5 Å². The monoisotopic (exact) mass is 585 g/mol. The Labute approximate surface area is 264 Å². The Kier molecular flexibility index (Phi) is 7.06. The Morgan fingerprint density at radius 2 is 1.29 bits per heavy atom. The number of nitrogens with zero attached hydrogens (tertiary/aromatic N) is 3. The van der Waals surface area contributed by atoms with Gasteiger partial charge in [0.15, 0.2) is 0 Å². The van der Waals surface area contributed by atoms with Gasteiger partial charge in [-0.3, -0.25) is 4.98 Å². The largest absolute Gasteiger partial charge is 0.507 e. The number of hydrogen-bond acceptors (Lipinski definition) is 3. The van der Waals surface area contributed by atoms with Crippen LogP contribution in [0.5, 0.6) is 5.75 Å². The van der Waals surface area contributed by atoms with Gasteiger partial charge in [0, 0.05) is 34.8 Å². The van der Waals surface area contributed by atoms with E-state index in [1.165, 1.54) is 11.1 Å². The molecule has 0 bridgehead atoms. The molecule has 1 N–H and O–H groups in total. The first-order valence-corrected chi connectivity index (χ1v) is 15.3. The van der Waals surface area contributed by atoms with Crippen LogP contribution >= 0.6 is 0 Å². The highest BCUT2D eigenvalue weighted by Crippen LogP contribution is 2.37. The number of hydrogen-bond donors (Lipinski definition) is 1. The Balaban J connectivity index is 1.23. The molecule has 0 radical (unpaired) electrons. The third-order valence-corrected chi connectivity index (χ3v) is 8.56. The maximum Gasteiger partial charge on any atom is 0.145 e. The molecule has 220 valence electrons. The van der Waals surface area contributed by atoms with Crippen molar-refractivity contribution in [2.75, 3.05) is 0 Å². The van der Waals surface area contributed by atoms with Crippen LogP contribution in [0, 0.1) is 6.92 Å². The van der Waals surface area contributed by atoms with Gasteiger partial charge in [-0.1, -0.05) is 99.6 Å². The van der Waals surface area contributed by atoms with E-state index < -0.39 is 0 Å².